The minimum atomic E-state index is -5.60. The van der Waals surface area contributed by atoms with Crippen LogP contribution in [0.25, 0.3) is 0 Å². The van der Waals surface area contributed by atoms with E-state index in [9.17, 15) is 28.7 Å². The number of rotatable bonds is 6. The van der Waals surface area contributed by atoms with E-state index in [1.165, 1.54) is 7.11 Å². The zero-order chi connectivity index (χ0) is 11.4. The normalized spacial score (nSPS) is 13.6. The van der Waals surface area contributed by atoms with Crippen molar-refractivity contribution in [3.63, 3.8) is 0 Å². The summed E-state index contributed by atoms with van der Waals surface area (Å²) in [6.07, 6.45) is 0. The van der Waals surface area contributed by atoms with E-state index in [0.29, 0.717) is 0 Å². The van der Waals surface area contributed by atoms with Crippen molar-refractivity contribution in [2.24, 2.45) is 0 Å². The first-order chi connectivity index (χ1) is 6.19. The van der Waals surface area contributed by atoms with Gasteiger partial charge < -0.3 is 38.2 Å². The van der Waals surface area contributed by atoms with E-state index >= 15 is 0 Å². The highest BCUT2D eigenvalue weighted by Crippen LogP contribution is 2.50. The van der Waals surface area contributed by atoms with Gasteiger partial charge in [0.05, 0.1) is 13.2 Å². The molecule has 0 amide bonds. The molecule has 0 saturated carbocycles. The molecule has 0 atom stereocenters. The number of methoxy groups -OCH3 is 1. The molecule has 0 N–H and O–H groups in total. The molecule has 0 aromatic heterocycles. The SMILES string of the molecule is COCCOC(P(=O)([O-])[O-])P(=O)([O-])[O-]. The summed E-state index contributed by atoms with van der Waals surface area (Å²) < 4.78 is 29.1. The molecular weight excluding hydrogens is 238 g/mol. The first-order valence-electron chi connectivity index (χ1n) is 3.33. The van der Waals surface area contributed by atoms with Gasteiger partial charge in [0, 0.05) is 7.11 Å². The maximum Gasteiger partial charge on any atom is 0.110 e. The summed E-state index contributed by atoms with van der Waals surface area (Å²) >= 11 is 0. The van der Waals surface area contributed by atoms with Crippen LogP contribution in [0.3, 0.4) is 0 Å². The summed E-state index contributed by atoms with van der Waals surface area (Å²) in [6.45, 7) is -0.597. The summed E-state index contributed by atoms with van der Waals surface area (Å²) in [5, 5.41) is 0. The maximum atomic E-state index is 10.3. The molecule has 0 bridgehead atoms. The van der Waals surface area contributed by atoms with Crippen molar-refractivity contribution in [1.29, 1.82) is 0 Å². The fraction of sp³-hybridized carbons (Fsp3) is 1.00. The summed E-state index contributed by atoms with van der Waals surface area (Å²) in [4.78, 5) is 41.2. The van der Waals surface area contributed by atoms with Crippen LogP contribution in [-0.4, -0.2) is 25.9 Å². The van der Waals surface area contributed by atoms with Crippen molar-refractivity contribution in [2.75, 3.05) is 20.3 Å². The average Bonchev–Trinajstić information content (AvgIpc) is 1.92. The van der Waals surface area contributed by atoms with Crippen LogP contribution in [0.15, 0.2) is 0 Å². The van der Waals surface area contributed by atoms with Gasteiger partial charge in [-0.2, -0.15) is 0 Å². The Morgan fingerprint density at radius 2 is 1.50 bits per heavy atom. The Kier molecular flexibility index (Phi) is 5.43. The lowest BCUT2D eigenvalue weighted by atomic mass is 10.8. The highest BCUT2D eigenvalue weighted by Gasteiger charge is 2.17. The molecule has 0 radical (unpaired) electrons. The van der Waals surface area contributed by atoms with Crippen molar-refractivity contribution in [2.45, 2.75) is 5.59 Å². The molecule has 0 aromatic rings. The van der Waals surface area contributed by atoms with Crippen LogP contribution in [-0.2, 0) is 18.6 Å². The summed E-state index contributed by atoms with van der Waals surface area (Å²) in [7, 11) is -9.96. The monoisotopic (exact) mass is 246 g/mol. The van der Waals surface area contributed by atoms with Gasteiger partial charge in [0.25, 0.3) is 0 Å². The minimum absolute atomic E-state index is 0.128. The molecule has 0 rings (SSSR count). The molecule has 86 valence electrons. The smallest absolute Gasteiger partial charge is 0.110 e. The van der Waals surface area contributed by atoms with E-state index in [0.717, 1.165) is 0 Å². The zero-order valence-electron chi connectivity index (χ0n) is 7.15. The first-order valence-corrected chi connectivity index (χ1v) is 6.56. The molecule has 0 spiro atoms. The van der Waals surface area contributed by atoms with Crippen molar-refractivity contribution >= 4 is 15.2 Å². The van der Waals surface area contributed by atoms with Crippen LogP contribution in [0.4, 0.5) is 0 Å². The Labute approximate surface area is 80.2 Å². The van der Waals surface area contributed by atoms with Gasteiger partial charge in [-0.3, -0.25) is 0 Å². The molecule has 0 heterocycles. The quantitative estimate of drug-likeness (QED) is 0.351. The Bertz CT molecular complexity index is 230. The predicted octanol–water partition coefficient (Wildman–Crippen LogP) is -3.24. The van der Waals surface area contributed by atoms with Crippen LogP contribution in [0.1, 0.15) is 0 Å². The van der Waals surface area contributed by atoms with Gasteiger partial charge in [-0.15, -0.1) is 0 Å². The zero-order valence-corrected chi connectivity index (χ0v) is 8.94. The third-order valence-corrected chi connectivity index (χ3v) is 4.17. The molecule has 8 nitrogen and oxygen atoms in total. The van der Waals surface area contributed by atoms with E-state index in [-0.39, 0.29) is 6.61 Å². The van der Waals surface area contributed by atoms with Crippen LogP contribution in [0.5, 0.6) is 0 Å². The van der Waals surface area contributed by atoms with Crippen molar-refractivity contribution in [3.05, 3.63) is 0 Å². The molecule has 0 saturated heterocycles. The van der Waals surface area contributed by atoms with E-state index < -0.39 is 27.4 Å². The number of ether oxygens (including phenoxy) is 2. The minimum Gasteiger partial charge on any atom is -0.809 e. The van der Waals surface area contributed by atoms with E-state index in [1.807, 2.05) is 0 Å². The topological polar surface area (TPSA) is 145 Å². The van der Waals surface area contributed by atoms with Crippen LogP contribution < -0.4 is 19.6 Å². The van der Waals surface area contributed by atoms with Crippen LogP contribution in [0.2, 0.25) is 0 Å². The van der Waals surface area contributed by atoms with Gasteiger partial charge in [-0.1, -0.05) is 0 Å². The second kappa shape index (κ2) is 5.34. The Morgan fingerprint density at radius 3 is 1.79 bits per heavy atom. The molecule has 0 aliphatic carbocycles. The molecular formula is C4H8O8P2-4. The van der Waals surface area contributed by atoms with E-state index in [2.05, 4.69) is 9.47 Å². The fourth-order valence-corrected chi connectivity index (χ4v) is 2.55. The van der Waals surface area contributed by atoms with Crippen molar-refractivity contribution < 1.29 is 38.2 Å². The lowest BCUT2D eigenvalue weighted by Gasteiger charge is -2.48. The molecule has 14 heavy (non-hydrogen) atoms. The standard InChI is InChI=1S/C4H12O8P2/c1-11-2-3-12-4(13(5,6)7)14(8,9)10/h4H,2-3H2,1H3,(H2,5,6,7)(H2,8,9,10)/p-4. The summed E-state index contributed by atoms with van der Waals surface area (Å²) in [5.41, 5.74) is -2.86. The van der Waals surface area contributed by atoms with Crippen LogP contribution >= 0.6 is 15.2 Å². The molecule has 0 aromatic carbocycles. The summed E-state index contributed by atoms with van der Waals surface area (Å²) in [6, 6.07) is 0. The second-order valence-corrected chi connectivity index (χ2v) is 5.77. The third-order valence-electron chi connectivity index (χ3n) is 1.10. The summed E-state index contributed by atoms with van der Waals surface area (Å²) in [5.74, 6) is 0. The van der Waals surface area contributed by atoms with Gasteiger partial charge in [0.15, 0.2) is 0 Å². The van der Waals surface area contributed by atoms with Gasteiger partial charge in [0.1, 0.15) is 5.59 Å². The van der Waals surface area contributed by atoms with E-state index in [1.54, 1.807) is 0 Å². The highest BCUT2D eigenvalue weighted by molar-refractivity contribution is 7.67. The lowest BCUT2D eigenvalue weighted by Crippen LogP contribution is -2.36. The molecule has 10 heteroatoms. The molecule has 0 aliphatic rings. The molecule has 0 unspecified atom stereocenters. The Hall–Kier alpha value is 0.220. The maximum absolute atomic E-state index is 10.3. The van der Waals surface area contributed by atoms with E-state index in [4.69, 9.17) is 0 Å². The van der Waals surface area contributed by atoms with Crippen molar-refractivity contribution in [1.82, 2.24) is 0 Å². The van der Waals surface area contributed by atoms with Gasteiger partial charge >= 0.3 is 0 Å². The Morgan fingerprint density at radius 1 is 1.07 bits per heavy atom. The highest BCUT2D eigenvalue weighted by atomic mass is 31.2. The number of hydrogen-bond donors (Lipinski definition) is 0. The molecule has 0 aliphatic heterocycles. The largest absolute Gasteiger partial charge is 0.809 e. The fourth-order valence-electron chi connectivity index (χ4n) is 0.593. The van der Waals surface area contributed by atoms with Crippen LogP contribution in [0, 0.1) is 0 Å². The van der Waals surface area contributed by atoms with Gasteiger partial charge in [0.2, 0.25) is 0 Å². The Balaban J connectivity index is 4.45. The van der Waals surface area contributed by atoms with Crippen molar-refractivity contribution in [3.8, 4) is 0 Å². The molecule has 0 fully saturated rings. The predicted molar refractivity (Wildman–Crippen MR) is 36.8 cm³/mol. The number of hydrogen-bond acceptors (Lipinski definition) is 8. The lowest BCUT2D eigenvalue weighted by molar-refractivity contribution is -0.340. The van der Waals surface area contributed by atoms with Gasteiger partial charge in [-0.05, 0) is 15.2 Å². The second-order valence-electron chi connectivity index (χ2n) is 2.27. The first kappa shape index (κ1) is 14.2. The van der Waals surface area contributed by atoms with Gasteiger partial charge in [-0.25, -0.2) is 0 Å². The third kappa shape index (κ3) is 5.19. The average molecular weight is 246 g/mol.